The third kappa shape index (κ3) is 3.02. The van der Waals surface area contributed by atoms with E-state index in [2.05, 4.69) is 0 Å². The second kappa shape index (κ2) is 6.52. The molecule has 134 valence electrons. The number of benzene rings is 1. The highest BCUT2D eigenvalue weighted by Crippen LogP contribution is 2.40. The van der Waals surface area contributed by atoms with Crippen LogP contribution in [0.2, 0.25) is 5.02 Å². The number of aliphatic carboxylic acids is 1. The van der Waals surface area contributed by atoms with Gasteiger partial charge in [-0.25, -0.2) is 4.79 Å². The van der Waals surface area contributed by atoms with E-state index >= 15 is 0 Å². The van der Waals surface area contributed by atoms with Crippen molar-refractivity contribution in [2.45, 2.75) is 38.6 Å². The van der Waals surface area contributed by atoms with E-state index in [0.717, 1.165) is 4.90 Å². The van der Waals surface area contributed by atoms with Crippen LogP contribution in [0.5, 0.6) is 0 Å². The Morgan fingerprint density at radius 2 is 1.92 bits per heavy atom. The maximum atomic E-state index is 12.9. The number of carbonyl (C=O) groups excluding carboxylic acids is 2. The number of carboxylic acids is 1. The Morgan fingerprint density at radius 3 is 2.44 bits per heavy atom. The number of nitrogens with zero attached hydrogens (tertiary/aromatic N) is 1. The van der Waals surface area contributed by atoms with Crippen molar-refractivity contribution >= 4 is 35.0 Å². The first-order valence-corrected chi connectivity index (χ1v) is 8.20. The second-order valence-corrected chi connectivity index (χ2v) is 6.98. The van der Waals surface area contributed by atoms with Gasteiger partial charge in [0.05, 0.1) is 5.41 Å². The minimum atomic E-state index is -1.18. The minimum Gasteiger partial charge on any atom is -0.506 e. The SMILES string of the molecule is CC[C@@H](C(=O)O)N(C)C(=O)C1=C(O)c2cc(Cl)ccc2C(C)(C)C1=O. The maximum Gasteiger partial charge on any atom is 0.326 e. The first-order chi connectivity index (χ1) is 11.5. The number of hydrogen-bond donors (Lipinski definition) is 2. The largest absolute Gasteiger partial charge is 0.506 e. The number of aliphatic hydroxyl groups is 1. The van der Waals surface area contributed by atoms with Crippen molar-refractivity contribution in [1.29, 1.82) is 0 Å². The molecule has 1 aromatic rings. The number of carboxylic acid groups (broad SMARTS) is 1. The third-order valence-electron chi connectivity index (χ3n) is 4.62. The molecule has 0 unspecified atom stereocenters. The molecule has 0 heterocycles. The van der Waals surface area contributed by atoms with Crippen LogP contribution in [-0.4, -0.2) is 45.9 Å². The summed E-state index contributed by atoms with van der Waals surface area (Å²) in [5, 5.41) is 20.2. The minimum absolute atomic E-state index is 0.172. The summed E-state index contributed by atoms with van der Waals surface area (Å²) >= 11 is 5.98. The molecule has 25 heavy (non-hydrogen) atoms. The predicted molar refractivity (Wildman–Crippen MR) is 93.5 cm³/mol. The monoisotopic (exact) mass is 365 g/mol. The number of fused-ring (bicyclic) bond motifs is 1. The molecule has 1 aliphatic carbocycles. The van der Waals surface area contributed by atoms with Gasteiger partial charge in [-0.15, -0.1) is 0 Å². The summed E-state index contributed by atoms with van der Waals surface area (Å²) in [6, 6.07) is 3.65. The zero-order chi connectivity index (χ0) is 19.1. The van der Waals surface area contributed by atoms with Gasteiger partial charge in [-0.1, -0.05) is 24.6 Å². The van der Waals surface area contributed by atoms with Crippen LogP contribution >= 0.6 is 11.6 Å². The highest BCUT2D eigenvalue weighted by atomic mass is 35.5. The van der Waals surface area contributed by atoms with Gasteiger partial charge >= 0.3 is 5.97 Å². The molecule has 2 N–H and O–H groups in total. The summed E-state index contributed by atoms with van der Waals surface area (Å²) in [7, 11) is 1.30. The van der Waals surface area contributed by atoms with E-state index in [1.165, 1.54) is 13.1 Å². The van der Waals surface area contributed by atoms with E-state index in [-0.39, 0.29) is 6.42 Å². The Morgan fingerprint density at radius 1 is 1.32 bits per heavy atom. The molecule has 6 nitrogen and oxygen atoms in total. The lowest BCUT2D eigenvalue weighted by Gasteiger charge is -2.34. The molecule has 0 spiro atoms. The number of hydrogen-bond acceptors (Lipinski definition) is 4. The van der Waals surface area contributed by atoms with Gasteiger partial charge < -0.3 is 15.1 Å². The molecule has 0 saturated carbocycles. The Kier molecular flexibility index (Phi) is 4.95. The molecule has 7 heteroatoms. The van der Waals surface area contributed by atoms with E-state index in [0.29, 0.717) is 16.1 Å². The first kappa shape index (κ1) is 19.0. The number of ketones is 1. The van der Waals surface area contributed by atoms with Gasteiger partial charge in [0.15, 0.2) is 5.78 Å². The molecule has 1 aliphatic rings. The van der Waals surface area contributed by atoms with Crippen molar-refractivity contribution in [1.82, 2.24) is 4.90 Å². The van der Waals surface area contributed by atoms with Gasteiger partial charge in [-0.3, -0.25) is 9.59 Å². The van der Waals surface area contributed by atoms with Gasteiger partial charge in [0, 0.05) is 17.6 Å². The Labute approximate surface area is 150 Å². The second-order valence-electron chi connectivity index (χ2n) is 6.55. The predicted octanol–water partition coefficient (Wildman–Crippen LogP) is 2.79. The van der Waals surface area contributed by atoms with Crippen LogP contribution in [0.1, 0.15) is 38.3 Å². The lowest BCUT2D eigenvalue weighted by atomic mass is 9.71. The van der Waals surface area contributed by atoms with E-state index in [4.69, 9.17) is 11.6 Å². The summed E-state index contributed by atoms with van der Waals surface area (Å²) in [6.45, 7) is 4.92. The van der Waals surface area contributed by atoms with Crippen molar-refractivity contribution in [3.05, 3.63) is 39.9 Å². The Bertz CT molecular complexity index is 797. The Hall–Kier alpha value is -2.34. The summed E-state index contributed by atoms with van der Waals surface area (Å²) in [5.74, 6) is -3.03. The molecule has 0 radical (unpaired) electrons. The number of amides is 1. The normalized spacial score (nSPS) is 17.1. The van der Waals surface area contributed by atoms with Crippen LogP contribution in [0.3, 0.4) is 0 Å². The number of rotatable bonds is 4. The molecule has 0 fully saturated rings. The summed E-state index contributed by atoms with van der Waals surface area (Å²) in [4.78, 5) is 38.0. The molecule has 1 amide bonds. The van der Waals surface area contributed by atoms with Crippen LogP contribution in [-0.2, 0) is 19.8 Å². The summed E-state index contributed by atoms with van der Waals surface area (Å²) in [5.41, 5.74) is -0.605. The lowest BCUT2D eigenvalue weighted by Crippen LogP contribution is -2.47. The Balaban J connectivity index is 2.63. The van der Waals surface area contributed by atoms with Gasteiger partial charge in [-0.05, 0) is 38.0 Å². The van der Waals surface area contributed by atoms with Crippen LogP contribution in [0.4, 0.5) is 0 Å². The molecule has 1 aromatic carbocycles. The molecular weight excluding hydrogens is 346 g/mol. The number of halogens is 1. The van der Waals surface area contributed by atoms with Crippen LogP contribution in [0.25, 0.3) is 5.76 Å². The number of aliphatic hydroxyl groups excluding tert-OH is 1. The van der Waals surface area contributed by atoms with E-state index in [9.17, 15) is 24.6 Å². The van der Waals surface area contributed by atoms with Gasteiger partial charge in [0.2, 0.25) is 0 Å². The molecule has 0 saturated heterocycles. The first-order valence-electron chi connectivity index (χ1n) is 7.82. The van der Waals surface area contributed by atoms with Crippen LogP contribution in [0.15, 0.2) is 23.8 Å². The molecule has 0 aromatic heterocycles. The standard InChI is InChI=1S/C18H20ClNO5/c1-5-12(17(24)25)20(4)16(23)13-14(21)10-8-9(19)6-7-11(10)18(2,3)15(13)22/h6-8,12,21H,5H2,1-4H3,(H,24,25)/t12-/m0/s1. The fraction of sp³-hybridized carbons (Fsp3) is 0.389. The molecule has 0 aliphatic heterocycles. The highest BCUT2D eigenvalue weighted by Gasteiger charge is 2.45. The maximum absolute atomic E-state index is 12.9. The van der Waals surface area contributed by atoms with Crippen molar-refractivity contribution in [2.75, 3.05) is 7.05 Å². The lowest BCUT2D eigenvalue weighted by molar-refractivity contribution is -0.148. The van der Waals surface area contributed by atoms with E-state index < -0.39 is 40.4 Å². The molecular formula is C18H20ClNO5. The topological polar surface area (TPSA) is 94.9 Å². The average molecular weight is 366 g/mol. The number of likely N-dealkylation sites (N-methyl/N-ethyl adjacent to an activating group) is 1. The number of Topliss-reactive ketones (excluding diaryl/α,β-unsaturated/α-hetero) is 1. The van der Waals surface area contributed by atoms with Crippen LogP contribution < -0.4 is 0 Å². The van der Waals surface area contributed by atoms with Crippen molar-refractivity contribution in [3.63, 3.8) is 0 Å². The fourth-order valence-corrected chi connectivity index (χ4v) is 3.24. The highest BCUT2D eigenvalue weighted by molar-refractivity contribution is 6.32. The van der Waals surface area contributed by atoms with Crippen molar-refractivity contribution < 1.29 is 24.6 Å². The van der Waals surface area contributed by atoms with Crippen LogP contribution in [0, 0.1) is 0 Å². The van der Waals surface area contributed by atoms with Gasteiger partial charge in [0.25, 0.3) is 5.91 Å². The van der Waals surface area contributed by atoms with Gasteiger partial charge in [0.1, 0.15) is 17.4 Å². The summed E-state index contributed by atoms with van der Waals surface area (Å²) in [6.07, 6.45) is 0.172. The zero-order valence-electron chi connectivity index (χ0n) is 14.5. The fourth-order valence-electron chi connectivity index (χ4n) is 3.06. The third-order valence-corrected chi connectivity index (χ3v) is 4.85. The van der Waals surface area contributed by atoms with Gasteiger partial charge in [-0.2, -0.15) is 0 Å². The number of carbonyl (C=O) groups is 3. The van der Waals surface area contributed by atoms with Crippen molar-refractivity contribution in [2.24, 2.45) is 0 Å². The summed E-state index contributed by atoms with van der Waals surface area (Å²) < 4.78 is 0. The zero-order valence-corrected chi connectivity index (χ0v) is 15.2. The molecule has 1 atom stereocenters. The quantitative estimate of drug-likeness (QED) is 0.800. The average Bonchev–Trinajstić information content (AvgIpc) is 2.53. The molecule has 0 bridgehead atoms. The van der Waals surface area contributed by atoms with E-state index in [1.807, 2.05) is 0 Å². The van der Waals surface area contributed by atoms with Crippen molar-refractivity contribution in [3.8, 4) is 0 Å². The smallest absolute Gasteiger partial charge is 0.326 e. The van der Waals surface area contributed by atoms with E-state index in [1.54, 1.807) is 32.9 Å². The molecule has 2 rings (SSSR count).